The number of halogens is 3. The Kier molecular flexibility index (Phi) is 11.4. The highest BCUT2D eigenvalue weighted by atomic mass is 35.5. The lowest BCUT2D eigenvalue weighted by Crippen LogP contribution is -2.52. The number of amides is 4. The fourth-order valence-corrected chi connectivity index (χ4v) is 9.66. The maximum absolute atomic E-state index is 15.4. The number of benzene rings is 2. The lowest BCUT2D eigenvalue weighted by Gasteiger charge is -2.39. The third-order valence-corrected chi connectivity index (χ3v) is 13.1. The first-order valence-corrected chi connectivity index (χ1v) is 21.3. The van der Waals surface area contributed by atoms with Crippen molar-refractivity contribution in [2.75, 3.05) is 54.4 Å². The zero-order valence-electron chi connectivity index (χ0n) is 33.8. The van der Waals surface area contributed by atoms with Crippen LogP contribution >= 0.6 is 11.6 Å². The van der Waals surface area contributed by atoms with E-state index in [1.165, 1.54) is 29.4 Å². The molecule has 3 fully saturated rings. The summed E-state index contributed by atoms with van der Waals surface area (Å²) in [4.78, 5) is 71.8. The van der Waals surface area contributed by atoms with Gasteiger partial charge in [-0.15, -0.1) is 0 Å². The number of nitriles is 1. The Bertz CT molecular complexity index is 2500. The molecule has 15 nitrogen and oxygen atoms in total. The third-order valence-electron chi connectivity index (χ3n) is 12.8. The Morgan fingerprint density at radius 2 is 1.71 bits per heavy atom. The predicted octanol–water partition coefficient (Wildman–Crippen LogP) is 4.85. The van der Waals surface area contributed by atoms with Gasteiger partial charge in [0, 0.05) is 86.3 Å². The fraction of sp³-hybridized carbons (Fsp3) is 0.409. The van der Waals surface area contributed by atoms with Crippen LogP contribution in [0.3, 0.4) is 0 Å². The van der Waals surface area contributed by atoms with Crippen molar-refractivity contribution in [2.24, 2.45) is 5.92 Å². The molecule has 1 saturated carbocycles. The molecular weight excluding hydrogens is 820 g/mol. The van der Waals surface area contributed by atoms with Gasteiger partial charge in [0.25, 0.3) is 11.8 Å². The van der Waals surface area contributed by atoms with Crippen LogP contribution in [0.2, 0.25) is 5.02 Å². The maximum atomic E-state index is 15.4. The van der Waals surface area contributed by atoms with Crippen LogP contribution in [-0.4, -0.2) is 99.7 Å². The Morgan fingerprint density at radius 1 is 0.903 bits per heavy atom. The second kappa shape index (κ2) is 17.3. The summed E-state index contributed by atoms with van der Waals surface area (Å²) in [5, 5.41) is 18.0. The number of fused-ring (bicyclic) bond motifs is 2. The standard InChI is InChI=1S/C44H44ClF2N11O4/c45-34-19-29(6-3-26(34)20-48)57-12-11-30-35(23-57)49-24-50-41(30)53-38-9-7-31(40(47)52-38)42(60)51-28-4-1-25(2-5-28)21-55-13-15-56(16-14-55)37-18-27(46)17-32-33(37)22-58(44(32)62)36-8-10-39(59)54-43(36)61/h3,6-7,9,17-19,24-25,28,36H,1-2,4-5,8,10-16,21-23H2,(H,51,60)(H,54,59,61)(H,49,50,52,53). The third kappa shape index (κ3) is 8.36. The first-order valence-electron chi connectivity index (χ1n) is 21.0. The minimum absolute atomic E-state index is 0.0854. The molecule has 5 aliphatic rings. The molecule has 1 atom stereocenters. The molecule has 0 spiro atoms. The molecule has 18 heteroatoms. The monoisotopic (exact) mass is 863 g/mol. The highest BCUT2D eigenvalue weighted by Crippen LogP contribution is 2.36. The lowest BCUT2D eigenvalue weighted by atomic mass is 9.85. The zero-order valence-corrected chi connectivity index (χ0v) is 34.6. The molecule has 0 bridgehead atoms. The molecule has 2 aromatic carbocycles. The van der Waals surface area contributed by atoms with Crippen LogP contribution in [0.15, 0.2) is 48.8 Å². The summed E-state index contributed by atoms with van der Waals surface area (Å²) in [7, 11) is 0. The van der Waals surface area contributed by atoms with Crippen molar-refractivity contribution in [3.63, 3.8) is 0 Å². The van der Waals surface area contributed by atoms with E-state index in [-0.39, 0.29) is 48.3 Å². The van der Waals surface area contributed by atoms with Gasteiger partial charge >= 0.3 is 0 Å². The van der Waals surface area contributed by atoms with Crippen LogP contribution in [0.25, 0.3) is 0 Å². The topological polar surface area (TPSA) is 180 Å². The predicted molar refractivity (Wildman–Crippen MR) is 225 cm³/mol. The highest BCUT2D eigenvalue weighted by Gasteiger charge is 2.41. The van der Waals surface area contributed by atoms with Crippen molar-refractivity contribution in [3.8, 4) is 6.07 Å². The number of carbonyl (C=O) groups excluding carboxylic acids is 4. The first kappa shape index (κ1) is 41.1. The van der Waals surface area contributed by atoms with Gasteiger partial charge in [-0.05, 0) is 86.9 Å². The summed E-state index contributed by atoms with van der Waals surface area (Å²) in [5.41, 5.74) is 4.49. The highest BCUT2D eigenvalue weighted by molar-refractivity contribution is 6.32. The molecule has 2 aromatic heterocycles. The van der Waals surface area contributed by atoms with Crippen LogP contribution in [0.4, 0.5) is 31.8 Å². The summed E-state index contributed by atoms with van der Waals surface area (Å²) in [6.45, 7) is 5.06. The number of piperazine rings is 1. The van der Waals surface area contributed by atoms with E-state index in [1.54, 1.807) is 18.2 Å². The number of carbonyl (C=O) groups is 4. The summed E-state index contributed by atoms with van der Waals surface area (Å²) in [5.74, 6) is -1.98. The van der Waals surface area contributed by atoms with E-state index in [0.717, 1.165) is 62.3 Å². The van der Waals surface area contributed by atoms with Gasteiger partial charge in [0.15, 0.2) is 0 Å². The van der Waals surface area contributed by atoms with Crippen molar-refractivity contribution >= 4 is 58.2 Å². The van der Waals surface area contributed by atoms with Gasteiger partial charge in [0.2, 0.25) is 17.8 Å². The molecule has 4 aromatic rings. The minimum atomic E-state index is -0.881. The van der Waals surface area contributed by atoms with Crippen LogP contribution in [-0.2, 0) is 29.1 Å². The molecule has 3 N–H and O–H groups in total. The van der Waals surface area contributed by atoms with Gasteiger partial charge < -0.3 is 25.3 Å². The number of pyridine rings is 1. The van der Waals surface area contributed by atoms with Gasteiger partial charge in [-0.2, -0.15) is 9.65 Å². The van der Waals surface area contributed by atoms with Gasteiger partial charge in [-0.3, -0.25) is 29.4 Å². The van der Waals surface area contributed by atoms with Gasteiger partial charge in [0.05, 0.1) is 28.4 Å². The summed E-state index contributed by atoms with van der Waals surface area (Å²) < 4.78 is 30.2. The Hall–Kier alpha value is -6.25. The Labute approximate surface area is 361 Å². The second-order valence-electron chi connectivity index (χ2n) is 16.6. The zero-order chi connectivity index (χ0) is 43.1. The largest absolute Gasteiger partial charge is 0.369 e. The van der Waals surface area contributed by atoms with Crippen molar-refractivity contribution in [1.29, 1.82) is 5.26 Å². The van der Waals surface area contributed by atoms with E-state index in [4.69, 9.17) is 11.6 Å². The SMILES string of the molecule is N#Cc1ccc(N2CCc3c(ncnc3Nc3ccc(C(=O)NC4CCC(CN5CCN(c6cc(F)cc7c6CN(C6CCC(=O)NC6=O)C7=O)CC5)CC4)c(F)n3)C2)cc1Cl. The summed E-state index contributed by atoms with van der Waals surface area (Å²) in [6, 6.07) is 12.2. The van der Waals surface area contributed by atoms with Gasteiger partial charge in [-0.25, -0.2) is 19.3 Å². The average molecular weight is 864 g/mol. The van der Waals surface area contributed by atoms with Gasteiger partial charge in [0.1, 0.15) is 35.9 Å². The molecule has 1 aliphatic carbocycles. The number of nitrogens with one attached hydrogen (secondary N) is 3. The number of anilines is 4. The van der Waals surface area contributed by atoms with Crippen molar-refractivity contribution in [3.05, 3.63) is 99.1 Å². The van der Waals surface area contributed by atoms with Crippen LogP contribution in [0.1, 0.15) is 81.6 Å². The van der Waals surface area contributed by atoms with E-state index in [1.807, 2.05) is 6.07 Å². The first-order chi connectivity index (χ1) is 30.0. The number of aromatic nitrogens is 3. The number of imide groups is 1. The van der Waals surface area contributed by atoms with E-state index in [0.29, 0.717) is 66.2 Å². The van der Waals surface area contributed by atoms with E-state index in [2.05, 4.69) is 51.7 Å². The molecule has 2 saturated heterocycles. The molecule has 4 aliphatic heterocycles. The summed E-state index contributed by atoms with van der Waals surface area (Å²) >= 11 is 6.27. The molecule has 4 amide bonds. The number of hydrogen-bond donors (Lipinski definition) is 3. The second-order valence-corrected chi connectivity index (χ2v) is 17.0. The minimum Gasteiger partial charge on any atom is -0.369 e. The van der Waals surface area contributed by atoms with Crippen molar-refractivity contribution < 1.29 is 28.0 Å². The van der Waals surface area contributed by atoms with E-state index in [9.17, 15) is 28.8 Å². The Balaban J connectivity index is 0.741. The fourth-order valence-electron chi connectivity index (χ4n) is 9.45. The molecule has 9 rings (SSSR count). The smallest absolute Gasteiger partial charge is 0.256 e. The van der Waals surface area contributed by atoms with Crippen molar-refractivity contribution in [1.82, 2.24) is 35.4 Å². The molecule has 62 heavy (non-hydrogen) atoms. The normalized spacial score (nSPS) is 21.5. The number of piperidine rings is 1. The molecule has 320 valence electrons. The number of hydrogen-bond acceptors (Lipinski definition) is 12. The van der Waals surface area contributed by atoms with Crippen LogP contribution in [0, 0.1) is 29.0 Å². The van der Waals surface area contributed by atoms with E-state index >= 15 is 4.39 Å². The lowest BCUT2D eigenvalue weighted by molar-refractivity contribution is -0.136. The van der Waals surface area contributed by atoms with Crippen molar-refractivity contribution in [2.45, 2.75) is 70.1 Å². The number of nitrogens with zero attached hydrogens (tertiary/aromatic N) is 8. The van der Waals surface area contributed by atoms with Crippen LogP contribution < -0.4 is 25.8 Å². The molecule has 6 heterocycles. The van der Waals surface area contributed by atoms with Crippen LogP contribution in [0.5, 0.6) is 0 Å². The Morgan fingerprint density at radius 3 is 2.45 bits per heavy atom. The quantitative estimate of drug-likeness (QED) is 0.154. The summed E-state index contributed by atoms with van der Waals surface area (Å²) in [6.07, 6.45) is 5.80. The maximum Gasteiger partial charge on any atom is 0.256 e. The average Bonchev–Trinajstić information content (AvgIpc) is 3.59. The molecular formula is C44H44ClF2N11O4. The number of rotatable bonds is 9. The van der Waals surface area contributed by atoms with Gasteiger partial charge in [-0.1, -0.05) is 11.6 Å². The van der Waals surface area contributed by atoms with E-state index < -0.39 is 35.5 Å². The molecule has 1 unspecified atom stereocenters. The molecule has 0 radical (unpaired) electrons.